The number of anilines is 2. The Kier molecular flexibility index (Phi) is 2.53. The zero-order valence-corrected chi connectivity index (χ0v) is 10.4. The van der Waals surface area contributed by atoms with Crippen molar-refractivity contribution < 1.29 is 0 Å². The number of H-pyrrole nitrogens is 1. The molecule has 3 rings (SSSR count). The summed E-state index contributed by atoms with van der Waals surface area (Å²) in [5.74, 6) is 0.729. The number of pyridine rings is 1. The van der Waals surface area contributed by atoms with E-state index in [2.05, 4.69) is 36.4 Å². The number of fused-ring (bicyclic) bond motifs is 1. The number of aromatic amines is 1. The lowest BCUT2D eigenvalue weighted by Gasteiger charge is -2.02. The van der Waals surface area contributed by atoms with Crippen molar-refractivity contribution in [2.75, 3.05) is 5.32 Å². The highest BCUT2D eigenvalue weighted by atomic mass is 79.9. The molecule has 0 saturated heterocycles. The number of nitrogens with one attached hydrogen (secondary N) is 2. The molecule has 0 saturated carbocycles. The first-order valence-corrected chi connectivity index (χ1v) is 5.95. The zero-order valence-electron chi connectivity index (χ0n) is 8.81. The smallest absolute Gasteiger partial charge is 0.178 e. The number of hydrogen-bond donors (Lipinski definition) is 2. The maximum atomic E-state index is 4.39. The Morgan fingerprint density at radius 3 is 2.71 bits per heavy atom. The number of halogens is 1. The molecule has 0 aliphatic heterocycles. The number of benzene rings is 1. The van der Waals surface area contributed by atoms with E-state index < -0.39 is 0 Å². The Hall–Kier alpha value is -1.88. The summed E-state index contributed by atoms with van der Waals surface area (Å²) in [4.78, 5) is 4.39. The predicted octanol–water partition coefficient (Wildman–Crippen LogP) is 3.46. The Morgan fingerprint density at radius 2 is 1.88 bits per heavy atom. The normalized spacial score (nSPS) is 10.6. The Morgan fingerprint density at radius 1 is 1.06 bits per heavy atom. The summed E-state index contributed by atoms with van der Waals surface area (Å²) in [6, 6.07) is 13.7. The lowest BCUT2D eigenvalue weighted by atomic mass is 10.3. The maximum absolute atomic E-state index is 4.39. The number of nitrogens with zero attached hydrogens (tertiary/aromatic N) is 2. The lowest BCUT2D eigenvalue weighted by Crippen LogP contribution is -1.91. The number of aromatic nitrogens is 3. The molecule has 2 heterocycles. The van der Waals surface area contributed by atoms with Gasteiger partial charge in [0.2, 0.25) is 0 Å². The molecule has 0 unspecified atom stereocenters. The molecule has 84 valence electrons. The minimum absolute atomic E-state index is 0.729. The van der Waals surface area contributed by atoms with Gasteiger partial charge in [-0.15, -0.1) is 0 Å². The topological polar surface area (TPSA) is 53.6 Å². The highest BCUT2D eigenvalue weighted by Crippen LogP contribution is 2.23. The van der Waals surface area contributed by atoms with Crippen molar-refractivity contribution >= 4 is 38.5 Å². The summed E-state index contributed by atoms with van der Waals surface area (Å²) in [7, 11) is 0. The van der Waals surface area contributed by atoms with Gasteiger partial charge < -0.3 is 5.32 Å². The molecule has 0 atom stereocenters. The second kappa shape index (κ2) is 4.18. The van der Waals surface area contributed by atoms with E-state index in [1.807, 2.05) is 42.5 Å². The molecule has 17 heavy (non-hydrogen) atoms. The Labute approximate surface area is 106 Å². The fourth-order valence-electron chi connectivity index (χ4n) is 1.62. The molecule has 2 aromatic heterocycles. The number of rotatable bonds is 2. The molecule has 4 nitrogen and oxygen atoms in total. The summed E-state index contributed by atoms with van der Waals surface area (Å²) in [6.45, 7) is 0. The number of para-hydroxylation sites is 1. The molecule has 1 aromatic carbocycles. The first kappa shape index (κ1) is 10.3. The van der Waals surface area contributed by atoms with Crippen LogP contribution in [0.15, 0.2) is 47.1 Å². The first-order chi connectivity index (χ1) is 8.33. The van der Waals surface area contributed by atoms with Gasteiger partial charge in [-0.1, -0.05) is 18.2 Å². The SMILES string of the molecule is Brc1ccc2[nH]nc(Nc3ccccc3)c2n1. The minimum Gasteiger partial charge on any atom is -0.337 e. The van der Waals surface area contributed by atoms with Crippen molar-refractivity contribution in [3.05, 3.63) is 47.1 Å². The van der Waals surface area contributed by atoms with Crippen molar-refractivity contribution in [2.45, 2.75) is 0 Å². The second-order valence-corrected chi connectivity index (χ2v) is 4.41. The van der Waals surface area contributed by atoms with Crippen LogP contribution in [0.25, 0.3) is 11.0 Å². The van der Waals surface area contributed by atoms with E-state index in [9.17, 15) is 0 Å². The summed E-state index contributed by atoms with van der Waals surface area (Å²) in [6.07, 6.45) is 0. The lowest BCUT2D eigenvalue weighted by molar-refractivity contribution is 1.12. The molecular formula is C12H9BrN4. The molecule has 0 bridgehead atoms. The van der Waals surface area contributed by atoms with Crippen LogP contribution < -0.4 is 5.32 Å². The van der Waals surface area contributed by atoms with Crippen LogP contribution in [0.3, 0.4) is 0 Å². The van der Waals surface area contributed by atoms with Crippen molar-refractivity contribution in [3.8, 4) is 0 Å². The zero-order chi connectivity index (χ0) is 11.7. The van der Waals surface area contributed by atoms with Gasteiger partial charge in [0, 0.05) is 5.69 Å². The predicted molar refractivity (Wildman–Crippen MR) is 71.3 cm³/mol. The van der Waals surface area contributed by atoms with Crippen LogP contribution in [-0.4, -0.2) is 15.2 Å². The Balaban J connectivity index is 2.03. The third kappa shape index (κ3) is 2.01. The highest BCUT2D eigenvalue weighted by Gasteiger charge is 2.07. The van der Waals surface area contributed by atoms with Crippen molar-refractivity contribution in [3.63, 3.8) is 0 Å². The molecule has 5 heteroatoms. The van der Waals surface area contributed by atoms with Crippen molar-refractivity contribution in [2.24, 2.45) is 0 Å². The van der Waals surface area contributed by atoms with Gasteiger partial charge >= 0.3 is 0 Å². The standard InChI is InChI=1S/C12H9BrN4/c13-10-7-6-9-11(15-10)12(17-16-9)14-8-4-2-1-3-5-8/h1-7H,(H2,14,16,17). The Bertz CT molecular complexity index is 648. The molecule has 0 fully saturated rings. The average molecular weight is 289 g/mol. The van der Waals surface area contributed by atoms with Crippen LogP contribution in [0.4, 0.5) is 11.5 Å². The van der Waals surface area contributed by atoms with Crippen LogP contribution >= 0.6 is 15.9 Å². The van der Waals surface area contributed by atoms with Crippen molar-refractivity contribution in [1.29, 1.82) is 0 Å². The van der Waals surface area contributed by atoms with Gasteiger partial charge in [0.15, 0.2) is 5.82 Å². The quantitative estimate of drug-likeness (QED) is 0.710. The van der Waals surface area contributed by atoms with Crippen molar-refractivity contribution in [1.82, 2.24) is 15.2 Å². The monoisotopic (exact) mass is 288 g/mol. The molecule has 0 radical (unpaired) electrons. The fraction of sp³-hybridized carbons (Fsp3) is 0. The van der Waals surface area contributed by atoms with E-state index in [0.29, 0.717) is 0 Å². The van der Waals surface area contributed by atoms with Crippen LogP contribution in [0, 0.1) is 0 Å². The summed E-state index contributed by atoms with van der Waals surface area (Å²) in [5.41, 5.74) is 2.72. The van der Waals surface area contributed by atoms with E-state index in [1.165, 1.54) is 0 Å². The highest BCUT2D eigenvalue weighted by molar-refractivity contribution is 9.10. The van der Waals surface area contributed by atoms with Gasteiger partial charge in [0.05, 0.1) is 5.52 Å². The van der Waals surface area contributed by atoms with Gasteiger partial charge in [-0.2, -0.15) is 5.10 Å². The molecular weight excluding hydrogens is 280 g/mol. The minimum atomic E-state index is 0.729. The largest absolute Gasteiger partial charge is 0.337 e. The maximum Gasteiger partial charge on any atom is 0.178 e. The molecule has 0 aliphatic rings. The third-order valence-electron chi connectivity index (χ3n) is 2.41. The van der Waals surface area contributed by atoms with E-state index in [4.69, 9.17) is 0 Å². The van der Waals surface area contributed by atoms with Gasteiger partial charge in [0.25, 0.3) is 0 Å². The fourth-order valence-corrected chi connectivity index (χ4v) is 1.93. The summed E-state index contributed by atoms with van der Waals surface area (Å²) in [5, 5.41) is 10.4. The molecule has 0 aliphatic carbocycles. The van der Waals surface area contributed by atoms with E-state index >= 15 is 0 Å². The third-order valence-corrected chi connectivity index (χ3v) is 2.85. The van der Waals surface area contributed by atoms with E-state index in [-0.39, 0.29) is 0 Å². The van der Waals surface area contributed by atoms with E-state index in [1.54, 1.807) is 0 Å². The molecule has 3 aromatic rings. The van der Waals surface area contributed by atoms with Crippen LogP contribution in [0.1, 0.15) is 0 Å². The van der Waals surface area contributed by atoms with E-state index in [0.717, 1.165) is 27.1 Å². The van der Waals surface area contributed by atoms with Gasteiger partial charge in [-0.3, -0.25) is 5.10 Å². The molecule has 2 N–H and O–H groups in total. The summed E-state index contributed by atoms with van der Waals surface area (Å²) < 4.78 is 0.794. The van der Waals surface area contributed by atoms with Gasteiger partial charge in [-0.25, -0.2) is 4.98 Å². The first-order valence-electron chi connectivity index (χ1n) is 5.15. The van der Waals surface area contributed by atoms with Gasteiger partial charge in [0.1, 0.15) is 10.1 Å². The summed E-state index contributed by atoms with van der Waals surface area (Å²) >= 11 is 3.36. The van der Waals surface area contributed by atoms with Crippen LogP contribution in [0.2, 0.25) is 0 Å². The average Bonchev–Trinajstić information content (AvgIpc) is 2.73. The molecule has 0 amide bonds. The second-order valence-electron chi connectivity index (χ2n) is 3.59. The van der Waals surface area contributed by atoms with Gasteiger partial charge in [-0.05, 0) is 40.2 Å². The number of hydrogen-bond acceptors (Lipinski definition) is 3. The van der Waals surface area contributed by atoms with Crippen LogP contribution in [0.5, 0.6) is 0 Å². The van der Waals surface area contributed by atoms with Crippen LogP contribution in [-0.2, 0) is 0 Å². The molecule has 0 spiro atoms.